The highest BCUT2D eigenvalue weighted by Gasteiger charge is 2.27. The fraction of sp³-hybridized carbons (Fsp3) is 0.385. The van der Waals surface area contributed by atoms with Crippen LogP contribution in [0.2, 0.25) is 0 Å². The predicted octanol–water partition coefficient (Wildman–Crippen LogP) is 0.472. The largest absolute Gasteiger partial charge is 0.344 e. The zero-order valence-corrected chi connectivity index (χ0v) is 11.6. The molecule has 0 aromatic carbocycles. The van der Waals surface area contributed by atoms with E-state index in [1.54, 1.807) is 34.8 Å². The number of anilines is 1. The van der Waals surface area contributed by atoms with Crippen LogP contribution in [0, 0.1) is 0 Å². The number of nitrogens with zero attached hydrogens (tertiary/aromatic N) is 4. The molecular weight excluding hydrogens is 272 g/mol. The van der Waals surface area contributed by atoms with Crippen molar-refractivity contribution in [1.82, 2.24) is 24.8 Å². The number of amides is 3. The summed E-state index contributed by atoms with van der Waals surface area (Å²) in [5, 5.41) is 9.40. The predicted molar refractivity (Wildman–Crippen MR) is 75.8 cm³/mol. The van der Waals surface area contributed by atoms with Gasteiger partial charge in [0.05, 0.1) is 11.9 Å². The van der Waals surface area contributed by atoms with E-state index in [1.165, 1.54) is 6.33 Å². The summed E-state index contributed by atoms with van der Waals surface area (Å²) in [6.07, 6.45) is 4.66. The zero-order chi connectivity index (χ0) is 14.8. The van der Waals surface area contributed by atoms with E-state index in [-0.39, 0.29) is 5.91 Å². The van der Waals surface area contributed by atoms with Crippen LogP contribution in [0.1, 0.15) is 12.8 Å². The molecule has 3 rings (SSSR count). The molecule has 2 aromatic rings. The minimum absolute atomic E-state index is 0.0527. The number of pyridine rings is 1. The highest BCUT2D eigenvalue weighted by Crippen LogP contribution is 2.11. The maximum atomic E-state index is 12.0. The highest BCUT2D eigenvalue weighted by molar-refractivity contribution is 5.93. The van der Waals surface area contributed by atoms with Crippen LogP contribution in [0.4, 0.5) is 10.5 Å². The van der Waals surface area contributed by atoms with Gasteiger partial charge in [0.25, 0.3) is 0 Å². The molecule has 0 saturated carbocycles. The van der Waals surface area contributed by atoms with Gasteiger partial charge in [-0.25, -0.2) is 14.3 Å². The molecular formula is C13H16N6O2. The Morgan fingerprint density at radius 2 is 2.29 bits per heavy atom. The summed E-state index contributed by atoms with van der Waals surface area (Å²) in [7, 11) is 1.74. The van der Waals surface area contributed by atoms with Crippen molar-refractivity contribution >= 4 is 23.3 Å². The van der Waals surface area contributed by atoms with E-state index in [0.29, 0.717) is 17.8 Å². The first-order chi connectivity index (χ1) is 10.1. The number of fused-ring (bicyclic) bond motifs is 1. The van der Waals surface area contributed by atoms with Crippen molar-refractivity contribution in [2.75, 3.05) is 18.9 Å². The van der Waals surface area contributed by atoms with Crippen LogP contribution in [0.15, 0.2) is 24.7 Å². The van der Waals surface area contributed by atoms with E-state index in [0.717, 1.165) is 13.0 Å². The van der Waals surface area contributed by atoms with Gasteiger partial charge in [0.15, 0.2) is 5.65 Å². The van der Waals surface area contributed by atoms with E-state index in [2.05, 4.69) is 20.7 Å². The van der Waals surface area contributed by atoms with Crippen LogP contribution in [0.25, 0.3) is 5.65 Å². The third kappa shape index (κ3) is 2.78. The van der Waals surface area contributed by atoms with E-state index >= 15 is 0 Å². The van der Waals surface area contributed by atoms with Crippen LogP contribution in [-0.4, -0.2) is 51.1 Å². The Balaban J connectivity index is 1.64. The number of nitrogens with one attached hydrogen (secondary N) is 2. The summed E-state index contributed by atoms with van der Waals surface area (Å²) in [4.78, 5) is 29.5. The lowest BCUT2D eigenvalue weighted by Crippen LogP contribution is -2.51. The highest BCUT2D eigenvalue weighted by atomic mass is 16.2. The number of carbonyl (C=O) groups excluding carboxylic acids is 2. The van der Waals surface area contributed by atoms with Gasteiger partial charge in [-0.05, 0) is 25.0 Å². The molecule has 1 fully saturated rings. The van der Waals surface area contributed by atoms with Crippen molar-refractivity contribution in [3.05, 3.63) is 24.7 Å². The van der Waals surface area contributed by atoms with E-state index in [4.69, 9.17) is 0 Å². The van der Waals surface area contributed by atoms with Crippen molar-refractivity contribution in [2.24, 2.45) is 0 Å². The quantitative estimate of drug-likeness (QED) is 0.840. The lowest BCUT2D eigenvalue weighted by atomic mass is 10.1. The lowest BCUT2D eigenvalue weighted by molar-refractivity contribution is -0.134. The normalized spacial score (nSPS) is 18.8. The molecule has 1 unspecified atom stereocenters. The monoisotopic (exact) mass is 288 g/mol. The number of hydrogen-bond donors (Lipinski definition) is 2. The average Bonchev–Trinajstić information content (AvgIpc) is 2.91. The number of carbonyl (C=O) groups is 2. The first-order valence-corrected chi connectivity index (χ1v) is 6.75. The second-order valence-electron chi connectivity index (χ2n) is 5.03. The number of piperidine rings is 1. The Hall–Kier alpha value is -2.64. The molecule has 1 saturated heterocycles. The molecule has 3 amide bonds. The summed E-state index contributed by atoms with van der Waals surface area (Å²) in [5.41, 5.74) is 1.28. The van der Waals surface area contributed by atoms with Crippen LogP contribution >= 0.6 is 0 Å². The molecule has 8 nitrogen and oxygen atoms in total. The van der Waals surface area contributed by atoms with Crippen LogP contribution < -0.4 is 10.6 Å². The summed E-state index contributed by atoms with van der Waals surface area (Å²) >= 11 is 0. The van der Waals surface area contributed by atoms with Crippen molar-refractivity contribution in [2.45, 2.75) is 18.9 Å². The molecule has 3 heterocycles. The van der Waals surface area contributed by atoms with E-state index in [9.17, 15) is 9.59 Å². The van der Waals surface area contributed by atoms with Crippen molar-refractivity contribution in [3.8, 4) is 0 Å². The molecule has 110 valence electrons. The van der Waals surface area contributed by atoms with Crippen LogP contribution in [0.3, 0.4) is 0 Å². The van der Waals surface area contributed by atoms with Crippen molar-refractivity contribution in [1.29, 1.82) is 0 Å². The lowest BCUT2D eigenvalue weighted by Gasteiger charge is -2.29. The minimum atomic E-state index is -0.459. The smallest absolute Gasteiger partial charge is 0.319 e. The van der Waals surface area contributed by atoms with Crippen molar-refractivity contribution < 1.29 is 9.59 Å². The number of hydrogen-bond acceptors (Lipinski definition) is 4. The van der Waals surface area contributed by atoms with Crippen LogP contribution in [0.5, 0.6) is 0 Å². The molecule has 2 aromatic heterocycles. The van der Waals surface area contributed by atoms with Crippen LogP contribution in [-0.2, 0) is 4.79 Å². The molecule has 0 bridgehead atoms. The fourth-order valence-electron chi connectivity index (χ4n) is 2.38. The molecule has 1 atom stereocenters. The van der Waals surface area contributed by atoms with Gasteiger partial charge in [-0.3, -0.25) is 4.79 Å². The van der Waals surface area contributed by atoms with Gasteiger partial charge in [-0.2, -0.15) is 5.10 Å². The number of rotatable bonds is 2. The topological polar surface area (TPSA) is 91.6 Å². The summed E-state index contributed by atoms with van der Waals surface area (Å²) in [5.74, 6) is -0.0527. The molecule has 1 aliphatic heterocycles. The van der Waals surface area contributed by atoms with Gasteiger partial charge in [-0.1, -0.05) is 0 Å². The van der Waals surface area contributed by atoms with Crippen molar-refractivity contribution in [3.63, 3.8) is 0 Å². The van der Waals surface area contributed by atoms with Gasteiger partial charge in [-0.15, -0.1) is 0 Å². The number of urea groups is 1. The molecule has 0 radical (unpaired) electrons. The molecule has 0 aliphatic carbocycles. The summed E-state index contributed by atoms with van der Waals surface area (Å²) < 4.78 is 1.56. The summed E-state index contributed by atoms with van der Waals surface area (Å²) in [6, 6.07) is 2.63. The Bertz CT molecular complexity index is 682. The van der Waals surface area contributed by atoms with E-state index < -0.39 is 12.1 Å². The molecule has 2 N–H and O–H groups in total. The second-order valence-corrected chi connectivity index (χ2v) is 5.03. The van der Waals surface area contributed by atoms with Gasteiger partial charge in [0.2, 0.25) is 5.91 Å². The van der Waals surface area contributed by atoms with Gasteiger partial charge < -0.3 is 15.5 Å². The number of likely N-dealkylation sites (tertiary alicyclic amines) is 1. The minimum Gasteiger partial charge on any atom is -0.344 e. The Morgan fingerprint density at radius 3 is 3.14 bits per heavy atom. The van der Waals surface area contributed by atoms with Gasteiger partial charge in [0.1, 0.15) is 12.4 Å². The Kier molecular flexibility index (Phi) is 3.43. The first kappa shape index (κ1) is 13.3. The zero-order valence-electron chi connectivity index (χ0n) is 11.6. The third-order valence-electron chi connectivity index (χ3n) is 3.50. The maximum absolute atomic E-state index is 12.0. The van der Waals surface area contributed by atoms with E-state index in [1.807, 2.05) is 0 Å². The van der Waals surface area contributed by atoms with Gasteiger partial charge in [0, 0.05) is 13.6 Å². The maximum Gasteiger partial charge on any atom is 0.319 e. The molecule has 1 aliphatic rings. The molecule has 8 heteroatoms. The standard InChI is InChI=1S/C13H16N6O2/c1-18-6-2-3-10(12(18)20)17-13(21)16-9-4-5-11-14-8-15-19(11)7-9/h4-5,7-8,10H,2-3,6H2,1H3,(H2,16,17,21). The number of likely N-dealkylation sites (N-methyl/N-ethyl adjacent to an activating group) is 1. The second kappa shape index (κ2) is 5.39. The SMILES string of the molecule is CN1CCCC(NC(=O)Nc2ccc3ncnn3c2)C1=O. The summed E-state index contributed by atoms with van der Waals surface area (Å²) in [6.45, 7) is 0.738. The fourth-order valence-corrected chi connectivity index (χ4v) is 2.38. The van der Waals surface area contributed by atoms with Gasteiger partial charge >= 0.3 is 6.03 Å². The Morgan fingerprint density at radius 1 is 1.43 bits per heavy atom. The molecule has 0 spiro atoms. The first-order valence-electron chi connectivity index (χ1n) is 6.75. The Labute approximate surface area is 121 Å². The molecule has 21 heavy (non-hydrogen) atoms. The number of aromatic nitrogens is 3. The third-order valence-corrected chi connectivity index (χ3v) is 3.50. The average molecular weight is 288 g/mol.